The highest BCUT2D eigenvalue weighted by molar-refractivity contribution is 6.32. The molecule has 1 saturated carbocycles. The van der Waals surface area contributed by atoms with Crippen LogP contribution in [0.4, 0.5) is 4.79 Å². The summed E-state index contributed by atoms with van der Waals surface area (Å²) >= 11 is 5.91. The molecule has 1 fully saturated rings. The minimum absolute atomic E-state index is 0.0868. The molecule has 132 valence electrons. The number of hydrogen-bond acceptors (Lipinski definition) is 4. The standard InChI is InChI=1S/C17H24ClN3O3/c1-17(2,3)24-16(23)21-12-7-6-11(9-12)10-20-15(22)13-5-4-8-19-14(13)18/h4-5,8,11-12H,6-7,9-10H2,1-3H3,(H,20,22)(H,21,23). The Morgan fingerprint density at radius 2 is 2.12 bits per heavy atom. The quantitative estimate of drug-likeness (QED) is 0.815. The number of nitrogens with one attached hydrogen (secondary N) is 2. The molecule has 6 nitrogen and oxygen atoms in total. The number of carbonyl (C=O) groups excluding carboxylic acids is 2. The molecular weight excluding hydrogens is 330 g/mol. The van der Waals surface area contributed by atoms with Crippen molar-refractivity contribution >= 4 is 23.6 Å². The highest BCUT2D eigenvalue weighted by Gasteiger charge is 2.28. The first-order valence-corrected chi connectivity index (χ1v) is 8.50. The molecule has 0 bridgehead atoms. The maximum atomic E-state index is 12.1. The molecule has 2 rings (SSSR count). The number of pyridine rings is 1. The molecule has 0 saturated heterocycles. The third-order valence-electron chi connectivity index (χ3n) is 3.82. The van der Waals surface area contributed by atoms with Crippen LogP contribution in [0, 0.1) is 5.92 Å². The van der Waals surface area contributed by atoms with Crippen LogP contribution < -0.4 is 10.6 Å². The highest BCUT2D eigenvalue weighted by atomic mass is 35.5. The fourth-order valence-corrected chi connectivity index (χ4v) is 2.96. The molecular formula is C17H24ClN3O3. The van der Waals surface area contributed by atoms with Crippen molar-refractivity contribution in [2.24, 2.45) is 5.92 Å². The van der Waals surface area contributed by atoms with Gasteiger partial charge in [0, 0.05) is 18.8 Å². The summed E-state index contributed by atoms with van der Waals surface area (Å²) in [6, 6.07) is 3.41. The van der Waals surface area contributed by atoms with Crippen molar-refractivity contribution in [3.8, 4) is 0 Å². The van der Waals surface area contributed by atoms with Crippen LogP contribution in [0.2, 0.25) is 5.15 Å². The zero-order chi connectivity index (χ0) is 17.7. The van der Waals surface area contributed by atoms with Crippen LogP contribution in [-0.2, 0) is 4.74 Å². The van der Waals surface area contributed by atoms with Gasteiger partial charge in [0.25, 0.3) is 5.91 Å². The van der Waals surface area contributed by atoms with Gasteiger partial charge < -0.3 is 15.4 Å². The molecule has 0 aromatic carbocycles. The zero-order valence-electron chi connectivity index (χ0n) is 14.3. The molecule has 1 aromatic heterocycles. The Morgan fingerprint density at radius 3 is 2.79 bits per heavy atom. The molecule has 1 aromatic rings. The predicted octanol–water partition coefficient (Wildman–Crippen LogP) is 3.16. The van der Waals surface area contributed by atoms with Gasteiger partial charge in [0.05, 0.1) is 5.56 Å². The third-order valence-corrected chi connectivity index (χ3v) is 4.12. The molecule has 2 atom stereocenters. The number of carbonyl (C=O) groups is 2. The molecule has 7 heteroatoms. The van der Waals surface area contributed by atoms with Crippen LogP contribution in [0.15, 0.2) is 18.3 Å². The van der Waals surface area contributed by atoms with Crippen LogP contribution in [0.5, 0.6) is 0 Å². The summed E-state index contributed by atoms with van der Waals surface area (Å²) in [5.74, 6) is 0.0981. The van der Waals surface area contributed by atoms with E-state index in [1.165, 1.54) is 0 Å². The minimum atomic E-state index is -0.501. The number of rotatable bonds is 4. The van der Waals surface area contributed by atoms with Crippen LogP contribution in [0.25, 0.3) is 0 Å². The first-order valence-electron chi connectivity index (χ1n) is 8.13. The van der Waals surface area contributed by atoms with Crippen LogP contribution >= 0.6 is 11.6 Å². The second-order valence-corrected chi connectivity index (χ2v) is 7.43. The number of ether oxygens (including phenoxy) is 1. The van der Waals surface area contributed by atoms with Crippen molar-refractivity contribution in [3.63, 3.8) is 0 Å². The molecule has 1 heterocycles. The van der Waals surface area contributed by atoms with E-state index in [0.717, 1.165) is 19.3 Å². The molecule has 1 aliphatic rings. The topological polar surface area (TPSA) is 80.3 Å². The number of aromatic nitrogens is 1. The van der Waals surface area contributed by atoms with E-state index in [2.05, 4.69) is 15.6 Å². The van der Waals surface area contributed by atoms with Gasteiger partial charge in [-0.05, 0) is 58.1 Å². The lowest BCUT2D eigenvalue weighted by molar-refractivity contribution is 0.0504. The van der Waals surface area contributed by atoms with Crippen molar-refractivity contribution in [1.82, 2.24) is 15.6 Å². The summed E-state index contributed by atoms with van der Waals surface area (Å²) < 4.78 is 5.26. The zero-order valence-corrected chi connectivity index (χ0v) is 15.0. The summed E-state index contributed by atoms with van der Waals surface area (Å²) in [4.78, 5) is 27.8. The fourth-order valence-electron chi connectivity index (χ4n) is 2.75. The fraction of sp³-hybridized carbons (Fsp3) is 0.588. The summed E-state index contributed by atoms with van der Waals surface area (Å²) in [6.45, 7) is 6.06. The molecule has 0 radical (unpaired) electrons. The molecule has 2 unspecified atom stereocenters. The van der Waals surface area contributed by atoms with E-state index in [-0.39, 0.29) is 23.2 Å². The highest BCUT2D eigenvalue weighted by Crippen LogP contribution is 2.25. The van der Waals surface area contributed by atoms with Crippen molar-refractivity contribution in [2.45, 2.75) is 51.7 Å². The van der Waals surface area contributed by atoms with Crippen molar-refractivity contribution in [1.29, 1.82) is 0 Å². The Hall–Kier alpha value is -1.82. The van der Waals surface area contributed by atoms with Crippen molar-refractivity contribution < 1.29 is 14.3 Å². The van der Waals surface area contributed by atoms with Gasteiger partial charge in [0.1, 0.15) is 10.8 Å². The predicted molar refractivity (Wildman–Crippen MR) is 92.1 cm³/mol. The number of nitrogens with zero attached hydrogens (tertiary/aromatic N) is 1. The smallest absolute Gasteiger partial charge is 0.407 e. The number of amides is 2. The Bertz CT molecular complexity index is 601. The summed E-state index contributed by atoms with van der Waals surface area (Å²) in [7, 11) is 0. The number of alkyl carbamates (subject to hydrolysis) is 1. The van der Waals surface area contributed by atoms with Gasteiger partial charge in [-0.15, -0.1) is 0 Å². The van der Waals surface area contributed by atoms with E-state index in [9.17, 15) is 9.59 Å². The SMILES string of the molecule is CC(C)(C)OC(=O)NC1CCC(CNC(=O)c2cccnc2Cl)C1. The van der Waals surface area contributed by atoms with Gasteiger partial charge in [-0.2, -0.15) is 0 Å². The van der Waals surface area contributed by atoms with Crippen LogP contribution in [0.3, 0.4) is 0 Å². The summed E-state index contributed by atoms with van der Waals surface area (Å²) in [5.41, 5.74) is -0.125. The normalized spacial score (nSPS) is 20.5. The Kier molecular flexibility index (Phi) is 6.04. The Balaban J connectivity index is 1.75. The van der Waals surface area contributed by atoms with E-state index in [1.54, 1.807) is 18.3 Å². The second kappa shape index (κ2) is 7.83. The van der Waals surface area contributed by atoms with Gasteiger partial charge in [-0.1, -0.05) is 11.6 Å². The molecule has 24 heavy (non-hydrogen) atoms. The number of halogens is 1. The lowest BCUT2D eigenvalue weighted by Crippen LogP contribution is -2.38. The van der Waals surface area contributed by atoms with Crippen LogP contribution in [0.1, 0.15) is 50.4 Å². The molecule has 2 amide bonds. The van der Waals surface area contributed by atoms with Gasteiger partial charge in [-0.3, -0.25) is 4.79 Å². The average molecular weight is 354 g/mol. The largest absolute Gasteiger partial charge is 0.444 e. The average Bonchev–Trinajstić information content (AvgIpc) is 2.90. The molecule has 0 aliphatic heterocycles. The van der Waals surface area contributed by atoms with Gasteiger partial charge in [0.15, 0.2) is 0 Å². The van der Waals surface area contributed by atoms with Gasteiger partial charge in [0.2, 0.25) is 0 Å². The summed E-state index contributed by atoms with van der Waals surface area (Å²) in [5, 5.41) is 5.98. The molecule has 0 spiro atoms. The minimum Gasteiger partial charge on any atom is -0.444 e. The van der Waals surface area contributed by atoms with Gasteiger partial charge >= 0.3 is 6.09 Å². The van der Waals surface area contributed by atoms with E-state index in [0.29, 0.717) is 18.0 Å². The Morgan fingerprint density at radius 1 is 1.38 bits per heavy atom. The van der Waals surface area contributed by atoms with Crippen molar-refractivity contribution in [2.75, 3.05) is 6.54 Å². The molecule has 2 N–H and O–H groups in total. The molecule has 1 aliphatic carbocycles. The van der Waals surface area contributed by atoms with Crippen LogP contribution in [-0.4, -0.2) is 35.2 Å². The second-order valence-electron chi connectivity index (χ2n) is 7.07. The Labute approximate surface area is 147 Å². The first kappa shape index (κ1) is 18.5. The third kappa shape index (κ3) is 5.67. The monoisotopic (exact) mass is 353 g/mol. The first-order chi connectivity index (χ1) is 11.2. The number of hydrogen-bond donors (Lipinski definition) is 2. The lowest BCUT2D eigenvalue weighted by atomic mass is 10.1. The van der Waals surface area contributed by atoms with E-state index in [4.69, 9.17) is 16.3 Å². The van der Waals surface area contributed by atoms with E-state index >= 15 is 0 Å². The van der Waals surface area contributed by atoms with Gasteiger partial charge in [-0.25, -0.2) is 9.78 Å². The van der Waals surface area contributed by atoms with E-state index < -0.39 is 5.60 Å². The maximum Gasteiger partial charge on any atom is 0.407 e. The maximum absolute atomic E-state index is 12.1. The van der Waals surface area contributed by atoms with Crippen molar-refractivity contribution in [3.05, 3.63) is 29.0 Å². The van der Waals surface area contributed by atoms with E-state index in [1.807, 2.05) is 20.8 Å². The summed E-state index contributed by atoms with van der Waals surface area (Å²) in [6.07, 6.45) is 3.80. The lowest BCUT2D eigenvalue weighted by Gasteiger charge is -2.21.